The number of hydrogen-bond acceptors (Lipinski definition) is 3. The van der Waals surface area contributed by atoms with E-state index in [0.29, 0.717) is 5.75 Å². The van der Waals surface area contributed by atoms with Crippen LogP contribution in [0.1, 0.15) is 24.2 Å². The summed E-state index contributed by atoms with van der Waals surface area (Å²) in [4.78, 5) is 11.2. The van der Waals surface area contributed by atoms with Crippen LogP contribution in [0.25, 0.3) is 10.8 Å². The molecule has 0 aromatic heterocycles. The standard InChI is InChI=1S/C15H16O4/c1-15(2,18)9-19-13-11-6-4-3-5-10(11)7-8-12(13)14(16)17/h3-8,18H,9H2,1-2H3,(H,16,17). The van der Waals surface area contributed by atoms with Crippen molar-refractivity contribution in [3.63, 3.8) is 0 Å². The van der Waals surface area contributed by atoms with Crippen molar-refractivity contribution in [3.05, 3.63) is 42.0 Å². The fourth-order valence-corrected chi connectivity index (χ4v) is 1.82. The number of carbonyl (C=O) groups is 1. The van der Waals surface area contributed by atoms with E-state index in [1.165, 1.54) is 6.07 Å². The van der Waals surface area contributed by atoms with Gasteiger partial charge in [0, 0.05) is 5.39 Å². The minimum atomic E-state index is -1.04. The average molecular weight is 260 g/mol. The van der Waals surface area contributed by atoms with Crippen molar-refractivity contribution in [1.29, 1.82) is 0 Å². The second-order valence-electron chi connectivity index (χ2n) is 5.07. The maximum Gasteiger partial charge on any atom is 0.339 e. The molecule has 0 fully saturated rings. The van der Waals surface area contributed by atoms with E-state index >= 15 is 0 Å². The molecule has 0 heterocycles. The van der Waals surface area contributed by atoms with E-state index < -0.39 is 11.6 Å². The van der Waals surface area contributed by atoms with Crippen molar-refractivity contribution in [1.82, 2.24) is 0 Å². The fourth-order valence-electron chi connectivity index (χ4n) is 1.82. The molecule has 0 radical (unpaired) electrons. The van der Waals surface area contributed by atoms with E-state index in [1.54, 1.807) is 19.9 Å². The largest absolute Gasteiger partial charge is 0.489 e. The Morgan fingerprint density at radius 1 is 1.21 bits per heavy atom. The lowest BCUT2D eigenvalue weighted by Crippen LogP contribution is -2.28. The third-order valence-electron chi connectivity index (χ3n) is 2.68. The zero-order chi connectivity index (χ0) is 14.0. The van der Waals surface area contributed by atoms with E-state index in [9.17, 15) is 15.0 Å². The van der Waals surface area contributed by atoms with Gasteiger partial charge in [-0.2, -0.15) is 0 Å². The number of carboxylic acid groups (broad SMARTS) is 1. The topological polar surface area (TPSA) is 66.8 Å². The van der Waals surface area contributed by atoms with Gasteiger partial charge in [-0.3, -0.25) is 0 Å². The first kappa shape index (κ1) is 13.4. The summed E-state index contributed by atoms with van der Waals surface area (Å²) in [7, 11) is 0. The van der Waals surface area contributed by atoms with Crippen molar-refractivity contribution in [2.75, 3.05) is 6.61 Å². The second-order valence-corrected chi connectivity index (χ2v) is 5.07. The number of carboxylic acids is 1. The highest BCUT2D eigenvalue weighted by molar-refractivity contribution is 6.00. The maximum atomic E-state index is 11.2. The van der Waals surface area contributed by atoms with Crippen LogP contribution in [0.15, 0.2) is 36.4 Å². The van der Waals surface area contributed by atoms with Crippen LogP contribution in [0, 0.1) is 0 Å². The molecular weight excluding hydrogens is 244 g/mol. The SMILES string of the molecule is CC(C)(O)COc1c(C(=O)O)ccc2ccccc12. The lowest BCUT2D eigenvalue weighted by molar-refractivity contribution is 0.0281. The monoisotopic (exact) mass is 260 g/mol. The van der Waals surface area contributed by atoms with Gasteiger partial charge in [0.05, 0.1) is 5.60 Å². The molecule has 0 aliphatic carbocycles. The van der Waals surface area contributed by atoms with E-state index in [2.05, 4.69) is 0 Å². The summed E-state index contributed by atoms with van der Waals surface area (Å²) in [6.45, 7) is 3.25. The van der Waals surface area contributed by atoms with Crippen LogP contribution >= 0.6 is 0 Å². The molecule has 4 heteroatoms. The number of fused-ring (bicyclic) bond motifs is 1. The third kappa shape index (κ3) is 3.03. The molecule has 100 valence electrons. The molecule has 2 rings (SSSR count). The summed E-state index contributed by atoms with van der Waals surface area (Å²) in [5.74, 6) is -0.746. The third-order valence-corrected chi connectivity index (χ3v) is 2.68. The molecule has 0 saturated heterocycles. The summed E-state index contributed by atoms with van der Waals surface area (Å²) >= 11 is 0. The van der Waals surface area contributed by atoms with Crippen molar-refractivity contribution in [2.45, 2.75) is 19.4 Å². The van der Waals surface area contributed by atoms with Crippen LogP contribution in [0.4, 0.5) is 0 Å². The molecule has 0 aliphatic rings. The smallest absolute Gasteiger partial charge is 0.339 e. The molecule has 0 atom stereocenters. The molecular formula is C15H16O4. The summed E-state index contributed by atoms with van der Waals surface area (Å²) in [6.07, 6.45) is 0. The number of hydrogen-bond donors (Lipinski definition) is 2. The minimum absolute atomic E-state index is 0.0291. The normalized spacial score (nSPS) is 11.5. The van der Waals surface area contributed by atoms with Crippen LogP contribution < -0.4 is 4.74 Å². The number of rotatable bonds is 4. The van der Waals surface area contributed by atoms with Gasteiger partial charge in [-0.25, -0.2) is 4.79 Å². The van der Waals surface area contributed by atoms with Gasteiger partial charge in [0.15, 0.2) is 0 Å². The average Bonchev–Trinajstić information content (AvgIpc) is 2.34. The van der Waals surface area contributed by atoms with Crippen LogP contribution in [-0.2, 0) is 0 Å². The molecule has 0 saturated carbocycles. The highest BCUT2D eigenvalue weighted by Crippen LogP contribution is 2.30. The molecule has 0 aliphatic heterocycles. The summed E-state index contributed by atoms with van der Waals surface area (Å²) < 4.78 is 5.55. The van der Waals surface area contributed by atoms with E-state index in [4.69, 9.17) is 4.74 Å². The summed E-state index contributed by atoms with van der Waals surface area (Å²) in [5, 5.41) is 20.5. The number of benzene rings is 2. The van der Waals surface area contributed by atoms with Crippen LogP contribution in [0.3, 0.4) is 0 Å². The maximum absolute atomic E-state index is 11.2. The molecule has 0 spiro atoms. The van der Waals surface area contributed by atoms with Gasteiger partial charge in [0.1, 0.15) is 17.9 Å². The molecule has 0 amide bonds. The first-order valence-electron chi connectivity index (χ1n) is 5.99. The lowest BCUT2D eigenvalue weighted by Gasteiger charge is -2.19. The van der Waals surface area contributed by atoms with Gasteiger partial charge in [0.2, 0.25) is 0 Å². The van der Waals surface area contributed by atoms with Crippen molar-refractivity contribution >= 4 is 16.7 Å². The Labute approximate surface area is 111 Å². The molecule has 4 nitrogen and oxygen atoms in total. The Morgan fingerprint density at radius 2 is 1.89 bits per heavy atom. The molecule has 19 heavy (non-hydrogen) atoms. The number of aromatic carboxylic acids is 1. The fraction of sp³-hybridized carbons (Fsp3) is 0.267. The summed E-state index contributed by atoms with van der Waals surface area (Å²) in [5.41, 5.74) is -0.921. The van der Waals surface area contributed by atoms with Crippen molar-refractivity contribution in [3.8, 4) is 5.75 Å². The molecule has 0 bridgehead atoms. The molecule has 0 unspecified atom stereocenters. The molecule has 2 aromatic carbocycles. The highest BCUT2D eigenvalue weighted by atomic mass is 16.5. The number of aliphatic hydroxyl groups is 1. The van der Waals surface area contributed by atoms with Crippen molar-refractivity contribution < 1.29 is 19.7 Å². The zero-order valence-electron chi connectivity index (χ0n) is 10.9. The first-order valence-corrected chi connectivity index (χ1v) is 5.99. The van der Waals surface area contributed by atoms with Gasteiger partial charge in [-0.05, 0) is 25.3 Å². The van der Waals surface area contributed by atoms with E-state index in [1.807, 2.05) is 24.3 Å². The van der Waals surface area contributed by atoms with Gasteiger partial charge < -0.3 is 14.9 Å². The van der Waals surface area contributed by atoms with Gasteiger partial charge in [0.25, 0.3) is 0 Å². The van der Waals surface area contributed by atoms with E-state index in [0.717, 1.165) is 10.8 Å². The Balaban J connectivity index is 2.53. The quantitative estimate of drug-likeness (QED) is 0.887. The Bertz CT molecular complexity index is 611. The van der Waals surface area contributed by atoms with Crippen LogP contribution in [0.5, 0.6) is 5.75 Å². The predicted octanol–water partition coefficient (Wildman–Crippen LogP) is 2.69. The van der Waals surface area contributed by atoms with Gasteiger partial charge in [-0.1, -0.05) is 30.3 Å². The second kappa shape index (κ2) is 4.90. The predicted molar refractivity (Wildman–Crippen MR) is 72.7 cm³/mol. The Kier molecular flexibility index (Phi) is 3.44. The number of ether oxygens (including phenoxy) is 1. The lowest BCUT2D eigenvalue weighted by atomic mass is 10.0. The molecule has 2 N–H and O–H groups in total. The van der Waals surface area contributed by atoms with Crippen LogP contribution in [-0.4, -0.2) is 28.4 Å². The summed E-state index contributed by atoms with van der Waals surface area (Å²) in [6, 6.07) is 10.7. The minimum Gasteiger partial charge on any atom is -0.489 e. The highest BCUT2D eigenvalue weighted by Gasteiger charge is 2.19. The van der Waals surface area contributed by atoms with Crippen LogP contribution in [0.2, 0.25) is 0 Å². The van der Waals surface area contributed by atoms with Crippen molar-refractivity contribution in [2.24, 2.45) is 0 Å². The Morgan fingerprint density at radius 3 is 2.53 bits per heavy atom. The first-order chi connectivity index (χ1) is 8.88. The molecule has 2 aromatic rings. The Hall–Kier alpha value is -2.07. The van der Waals surface area contributed by atoms with E-state index in [-0.39, 0.29) is 12.2 Å². The van der Waals surface area contributed by atoms with Gasteiger partial charge in [-0.15, -0.1) is 0 Å². The zero-order valence-corrected chi connectivity index (χ0v) is 10.9. The van der Waals surface area contributed by atoms with Gasteiger partial charge >= 0.3 is 5.97 Å².